The van der Waals surface area contributed by atoms with Gasteiger partial charge in [0.25, 0.3) is 0 Å². The van der Waals surface area contributed by atoms with E-state index in [1.807, 2.05) is 13.8 Å². The number of imidazole rings is 1. The number of hydrogen-bond acceptors (Lipinski definition) is 20. The second-order valence-corrected chi connectivity index (χ2v) is 27.1. The van der Waals surface area contributed by atoms with Gasteiger partial charge in [0, 0.05) is 56.0 Å². The van der Waals surface area contributed by atoms with Crippen LogP contribution in [0.4, 0.5) is 0 Å². The Morgan fingerprint density at radius 1 is 0.745 bits per heavy atom. The quantitative estimate of drug-likeness (QED) is 0.0162. The van der Waals surface area contributed by atoms with Gasteiger partial charge in [0.05, 0.1) is 30.3 Å². The van der Waals surface area contributed by atoms with Crippen LogP contribution >= 0.6 is 11.8 Å². The first-order chi connectivity index (χ1) is 48.5. The number of primary amides is 1. The topological polar surface area (TPSA) is 534 Å². The molecule has 0 radical (unpaired) electrons. The molecule has 560 valence electrons. The van der Waals surface area contributed by atoms with Gasteiger partial charge in [-0.3, -0.25) is 83.4 Å². The Morgan fingerprint density at radius 2 is 1.37 bits per heavy atom. The van der Waals surface area contributed by atoms with Crippen LogP contribution in [0.1, 0.15) is 129 Å². The average Bonchev–Trinajstić information content (AvgIpc) is 1.62. The highest BCUT2D eigenvalue weighted by molar-refractivity contribution is 8.14. The van der Waals surface area contributed by atoms with Crippen LogP contribution in [0.25, 0.3) is 0 Å². The summed E-state index contributed by atoms with van der Waals surface area (Å²) in [7, 11) is 0. The number of aromatic amines is 1. The number of amides is 12. The van der Waals surface area contributed by atoms with E-state index in [-0.39, 0.29) is 94.7 Å². The molecule has 2 fully saturated rings. The maximum atomic E-state index is 15.0. The van der Waals surface area contributed by atoms with E-state index in [9.17, 15) is 67.7 Å². The van der Waals surface area contributed by atoms with Gasteiger partial charge < -0.3 is 84.7 Å². The van der Waals surface area contributed by atoms with Gasteiger partial charge in [-0.05, 0) is 88.0 Å². The van der Waals surface area contributed by atoms with Crippen LogP contribution in [0.5, 0.6) is 0 Å². The number of carboxylic acid groups (broad SMARTS) is 2. The van der Waals surface area contributed by atoms with Gasteiger partial charge >= 0.3 is 11.9 Å². The van der Waals surface area contributed by atoms with Crippen molar-refractivity contribution in [2.45, 2.75) is 209 Å². The standard InChI is InChI=1S/C67H100N18O16S/c1-8-17-36(5)54-65(100)80-43(28-39-19-12-11-13-20-39)59(94)77-44(29-40-32-71-34-73-40)60(95)79-46(31-52(89)90)61(96)78-45(30-50(68)86)56(91)72-25-15-14-21-41(57(92)75-42(58(93)83-54)22-16-26-74-70)76-64(99)55(37(6)18-9-2)84-63(98)49(23-24-51(87)88)85-38(7)27-47(67(85)101)81-62(97)48-33-102-66(82-48)53(69)35(4)10-3/h8-9,11-13,19-20,32,34-38,41-49,53-55,74H,1-2,10,14-18,21-31,33,69-70H2,3-7H3,(H2,68,86)(H,71,73)(H,72,91)(H,75,92)(H,76,99)(H,77,94)(H,78,96)(H,79,95)(H,80,100)(H,81,97)(H,83,93)(H,84,98)(H,87,88)(H,89,90). The van der Waals surface area contributed by atoms with Gasteiger partial charge in [-0.15, -0.1) is 24.9 Å². The van der Waals surface area contributed by atoms with Crippen molar-refractivity contribution in [3.05, 3.63) is 79.4 Å². The molecule has 5 rings (SSSR count). The summed E-state index contributed by atoms with van der Waals surface area (Å²) >= 11 is 1.35. The number of nitrogens with zero attached hydrogens (tertiary/aromatic N) is 3. The molecule has 4 heterocycles. The van der Waals surface area contributed by atoms with E-state index in [2.05, 4.69) is 86.7 Å². The fourth-order valence-electron chi connectivity index (χ4n) is 11.9. The molecule has 12 amide bonds. The van der Waals surface area contributed by atoms with Crippen LogP contribution in [0.2, 0.25) is 0 Å². The molecular formula is C67H100N18O16S. The lowest BCUT2D eigenvalue weighted by Crippen LogP contribution is -2.62. The number of aliphatic carboxylic acids is 2. The molecule has 0 bridgehead atoms. The first kappa shape index (κ1) is 83.1. The zero-order valence-corrected chi connectivity index (χ0v) is 59.0. The van der Waals surface area contributed by atoms with E-state index < -0.39 is 199 Å². The summed E-state index contributed by atoms with van der Waals surface area (Å²) in [5.74, 6) is -9.81. The molecule has 3 aliphatic heterocycles. The van der Waals surface area contributed by atoms with E-state index in [4.69, 9.17) is 17.3 Å². The molecule has 1 aromatic heterocycles. The first-order valence-electron chi connectivity index (χ1n) is 34.2. The lowest BCUT2D eigenvalue weighted by Gasteiger charge is -2.33. The van der Waals surface area contributed by atoms with Crippen LogP contribution in [-0.4, -0.2) is 210 Å². The molecule has 2 aromatic rings. The normalized spacial score (nSPS) is 24.8. The molecule has 3 aliphatic rings. The number of nitrogens with one attached hydrogen (secondary N) is 12. The molecule has 16 unspecified atom stereocenters. The molecule has 0 aliphatic carbocycles. The first-order valence-corrected chi connectivity index (χ1v) is 35.2. The van der Waals surface area contributed by atoms with Crippen molar-refractivity contribution in [3.63, 3.8) is 0 Å². The molecule has 0 saturated carbocycles. The van der Waals surface area contributed by atoms with Crippen LogP contribution in [0, 0.1) is 17.8 Å². The highest BCUT2D eigenvalue weighted by Gasteiger charge is 2.46. The maximum absolute atomic E-state index is 15.0. The number of benzene rings is 1. The van der Waals surface area contributed by atoms with Crippen molar-refractivity contribution in [2.75, 3.05) is 18.8 Å². The monoisotopic (exact) mass is 1440 g/mol. The largest absolute Gasteiger partial charge is 0.481 e. The lowest BCUT2D eigenvalue weighted by atomic mass is 9.95. The number of aromatic nitrogens is 2. The summed E-state index contributed by atoms with van der Waals surface area (Å²) in [6, 6.07) is -9.29. The van der Waals surface area contributed by atoms with Crippen molar-refractivity contribution in [2.24, 2.45) is 40.1 Å². The number of H-pyrrole nitrogens is 1. The fourth-order valence-corrected chi connectivity index (χ4v) is 13.1. The summed E-state index contributed by atoms with van der Waals surface area (Å²) in [6.07, 6.45) is 2.77. The highest BCUT2D eigenvalue weighted by atomic mass is 32.2. The third-order valence-electron chi connectivity index (χ3n) is 18.0. The molecule has 0 spiro atoms. The minimum atomic E-state index is -1.96. The lowest BCUT2D eigenvalue weighted by molar-refractivity contribution is -0.144. The Labute approximate surface area is 595 Å². The number of aliphatic imine (C=N–C) groups is 1. The maximum Gasteiger partial charge on any atom is 0.305 e. The number of carbonyl (C=O) groups is 14. The zero-order valence-electron chi connectivity index (χ0n) is 58.2. The molecule has 1 aromatic carbocycles. The third kappa shape index (κ3) is 25.5. The minimum absolute atomic E-state index is 0.00114. The number of hydrogen-bond donors (Lipinski definition) is 17. The van der Waals surface area contributed by atoms with Gasteiger partial charge in [-0.25, -0.2) is 4.98 Å². The minimum Gasteiger partial charge on any atom is -0.481 e. The van der Waals surface area contributed by atoms with Crippen molar-refractivity contribution in [3.8, 4) is 0 Å². The number of likely N-dealkylation sites (tertiary alicyclic amines) is 1. The number of allylic oxidation sites excluding steroid dienone is 2. The summed E-state index contributed by atoms with van der Waals surface area (Å²) in [4.78, 5) is 209. The third-order valence-corrected chi connectivity index (χ3v) is 19.1. The molecule has 35 heteroatoms. The van der Waals surface area contributed by atoms with E-state index in [1.165, 1.54) is 41.3 Å². The zero-order chi connectivity index (χ0) is 75.3. The Morgan fingerprint density at radius 3 is 1.99 bits per heavy atom. The smallest absolute Gasteiger partial charge is 0.305 e. The van der Waals surface area contributed by atoms with E-state index in [1.54, 1.807) is 51.1 Å². The van der Waals surface area contributed by atoms with Crippen molar-refractivity contribution in [1.29, 1.82) is 0 Å². The van der Waals surface area contributed by atoms with Crippen molar-refractivity contribution >= 4 is 99.6 Å². The van der Waals surface area contributed by atoms with E-state index in [0.717, 1.165) is 6.42 Å². The number of thioether (sulfide) groups is 1. The highest BCUT2D eigenvalue weighted by Crippen LogP contribution is 2.28. The molecule has 2 saturated heterocycles. The number of rotatable bonds is 31. The molecule has 16 atom stereocenters. The van der Waals surface area contributed by atoms with Crippen LogP contribution in [-0.2, 0) is 80.0 Å². The predicted octanol–water partition coefficient (Wildman–Crippen LogP) is -2.38. The fraction of sp³-hybridized carbons (Fsp3) is 0.582. The summed E-state index contributed by atoms with van der Waals surface area (Å²) in [6.45, 7) is 16.3. The molecular weight excluding hydrogens is 1340 g/mol. The Balaban J connectivity index is 1.55. The number of hydrazine groups is 1. The van der Waals surface area contributed by atoms with E-state index >= 15 is 9.59 Å². The van der Waals surface area contributed by atoms with Crippen LogP contribution < -0.4 is 75.9 Å². The summed E-state index contributed by atoms with van der Waals surface area (Å²) in [5.41, 5.74) is 15.2. The number of carboxylic acids is 2. The molecule has 20 N–H and O–H groups in total. The SMILES string of the molecule is C=CCC(C)C1NC(=O)C(CCCNN)NC(=O)C(NC(=O)C(NC(=O)C(CCC(=O)O)N2C(=O)C(NC(=O)C3CSC(C(N)C(C)CC)=N3)CC2C)C(C)CC=C)CCCCNC(=O)C(CC(N)=O)NC(=O)C(CC(=O)O)NC(=O)C(Cc2cnc[nH]2)NC(=O)C(Cc2ccccc2)NC1=O. The van der Waals surface area contributed by atoms with Crippen LogP contribution in [0.15, 0.2) is 73.2 Å². The van der Waals surface area contributed by atoms with Crippen LogP contribution in [0.3, 0.4) is 0 Å². The Kier molecular flexibility index (Phi) is 33.7. The van der Waals surface area contributed by atoms with Gasteiger partial charge in [-0.1, -0.05) is 76.6 Å². The predicted molar refractivity (Wildman–Crippen MR) is 375 cm³/mol. The second-order valence-electron chi connectivity index (χ2n) is 26.0. The number of carbonyl (C=O) groups excluding carboxylic acids is 12. The molecule has 102 heavy (non-hydrogen) atoms. The summed E-state index contributed by atoms with van der Waals surface area (Å²) < 4.78 is 0. The second kappa shape index (κ2) is 41.3. The van der Waals surface area contributed by atoms with Gasteiger partial charge in [0.15, 0.2) is 0 Å². The Hall–Kier alpha value is -9.61. The van der Waals surface area contributed by atoms with Gasteiger partial charge in [0.2, 0.25) is 70.9 Å². The van der Waals surface area contributed by atoms with E-state index in [0.29, 0.717) is 10.6 Å². The Bertz CT molecular complexity index is 3330. The van der Waals surface area contributed by atoms with Gasteiger partial charge in [0.1, 0.15) is 66.5 Å². The van der Waals surface area contributed by atoms with Gasteiger partial charge in [-0.2, -0.15) is 0 Å². The van der Waals surface area contributed by atoms with Crippen molar-refractivity contribution < 1.29 is 77.3 Å². The number of nitrogens with two attached hydrogens (primary N) is 3. The molecule has 34 nitrogen and oxygen atoms in total. The average molecular weight is 1450 g/mol. The van der Waals surface area contributed by atoms with Crippen molar-refractivity contribution in [1.82, 2.24) is 73.5 Å². The summed E-state index contributed by atoms with van der Waals surface area (Å²) in [5, 5.41) is 46.7.